The van der Waals surface area contributed by atoms with Crippen LogP contribution in [0.1, 0.15) is 40.2 Å². The number of hydrogen-bond acceptors (Lipinski definition) is 6. The van der Waals surface area contributed by atoms with E-state index >= 15 is 0 Å². The molecule has 0 radical (unpaired) electrons. The Morgan fingerprint density at radius 2 is 1.68 bits per heavy atom. The van der Waals surface area contributed by atoms with Gasteiger partial charge in [-0.2, -0.15) is 5.10 Å². The van der Waals surface area contributed by atoms with Crippen molar-refractivity contribution in [2.75, 3.05) is 26.4 Å². The van der Waals surface area contributed by atoms with E-state index in [1.807, 2.05) is 63.7 Å². The molecule has 0 aliphatic carbocycles. The maximum absolute atomic E-state index is 6.06. The maximum atomic E-state index is 6.06. The molecule has 7 nitrogen and oxygen atoms in total. The Hall–Kier alpha value is -1.71. The molecule has 8 heteroatoms. The molecule has 2 heterocycles. The van der Waals surface area contributed by atoms with Crippen LogP contribution in [0.25, 0.3) is 0 Å². The maximum Gasteiger partial charge on any atom is 0.498 e. The highest BCUT2D eigenvalue weighted by Crippen LogP contribution is 2.36. The summed E-state index contributed by atoms with van der Waals surface area (Å²) >= 11 is 0. The quantitative estimate of drug-likeness (QED) is 0.381. The van der Waals surface area contributed by atoms with Crippen LogP contribution in [0.2, 0.25) is 0 Å². The van der Waals surface area contributed by atoms with E-state index in [2.05, 4.69) is 17.2 Å². The summed E-state index contributed by atoms with van der Waals surface area (Å²) in [6, 6.07) is 10.1. The van der Waals surface area contributed by atoms with E-state index in [1.165, 1.54) is 0 Å². The molecule has 170 valence electrons. The Labute approximate surface area is 186 Å². The average molecular weight is 430 g/mol. The molecule has 1 aliphatic rings. The van der Waals surface area contributed by atoms with E-state index < -0.39 is 0 Å². The van der Waals surface area contributed by atoms with Crippen LogP contribution in [0.5, 0.6) is 0 Å². The molecule has 0 N–H and O–H groups in total. The number of ether oxygens (including phenoxy) is 3. The number of aromatic nitrogens is 2. The average Bonchev–Trinajstić information content (AvgIpc) is 3.28. The van der Waals surface area contributed by atoms with Crippen molar-refractivity contribution in [2.45, 2.75) is 65.1 Å². The fourth-order valence-electron chi connectivity index (χ4n) is 3.09. The van der Waals surface area contributed by atoms with Gasteiger partial charge < -0.3 is 23.5 Å². The summed E-state index contributed by atoms with van der Waals surface area (Å²) in [6.45, 7) is 13.6. The van der Waals surface area contributed by atoms with Crippen molar-refractivity contribution in [3.05, 3.63) is 48.3 Å². The molecule has 0 amide bonds. The summed E-state index contributed by atoms with van der Waals surface area (Å²) in [4.78, 5) is 0. The molecule has 3 rings (SSSR count). The molecule has 0 bridgehead atoms. The van der Waals surface area contributed by atoms with Crippen molar-refractivity contribution in [1.29, 1.82) is 0 Å². The van der Waals surface area contributed by atoms with E-state index in [-0.39, 0.29) is 24.4 Å². The van der Waals surface area contributed by atoms with Crippen LogP contribution in [0.3, 0.4) is 0 Å². The van der Waals surface area contributed by atoms with Gasteiger partial charge in [0.05, 0.1) is 56.9 Å². The van der Waals surface area contributed by atoms with E-state index in [0.29, 0.717) is 39.6 Å². The second-order valence-corrected chi connectivity index (χ2v) is 8.92. The van der Waals surface area contributed by atoms with Crippen LogP contribution >= 0.6 is 0 Å². The van der Waals surface area contributed by atoms with Crippen molar-refractivity contribution in [1.82, 2.24) is 9.78 Å². The summed E-state index contributed by atoms with van der Waals surface area (Å²) in [5.74, 6) is 0. The predicted molar refractivity (Wildman–Crippen MR) is 120 cm³/mol. The lowest BCUT2D eigenvalue weighted by atomic mass is 9.82. The van der Waals surface area contributed by atoms with E-state index in [9.17, 15) is 0 Å². The fourth-order valence-corrected chi connectivity index (χ4v) is 3.09. The zero-order valence-corrected chi connectivity index (χ0v) is 19.4. The number of hydrogen-bond donors (Lipinski definition) is 0. The Bertz CT molecular complexity index is 780. The van der Waals surface area contributed by atoms with Gasteiger partial charge in [0.2, 0.25) is 0 Å². The van der Waals surface area contributed by atoms with Gasteiger partial charge in [0.15, 0.2) is 0 Å². The summed E-state index contributed by atoms with van der Waals surface area (Å²) in [6.07, 6.45) is 3.79. The van der Waals surface area contributed by atoms with E-state index in [0.717, 1.165) is 11.0 Å². The second-order valence-electron chi connectivity index (χ2n) is 8.92. The molecular formula is C23H35BN2O5. The topological polar surface area (TPSA) is 64.0 Å². The predicted octanol–water partition coefficient (Wildman–Crippen LogP) is 2.82. The molecule has 1 fully saturated rings. The Morgan fingerprint density at radius 1 is 1.00 bits per heavy atom. The SMILES string of the molecule is C[C@@H](COCCOCCn1cc(B2OC(C)(C)C(C)(C)O2)cn1)OCc1ccccc1. The first-order chi connectivity index (χ1) is 14.8. The molecule has 1 aromatic heterocycles. The highest BCUT2D eigenvalue weighted by atomic mass is 16.7. The molecule has 0 saturated carbocycles. The fraction of sp³-hybridized carbons (Fsp3) is 0.609. The first-order valence-electron chi connectivity index (χ1n) is 11.0. The molecule has 2 aromatic rings. The summed E-state index contributed by atoms with van der Waals surface area (Å²) in [5.41, 5.74) is 1.38. The minimum Gasteiger partial charge on any atom is -0.399 e. The molecule has 1 aliphatic heterocycles. The van der Waals surface area contributed by atoms with Crippen LogP contribution in [0, 0.1) is 0 Å². The van der Waals surface area contributed by atoms with Gasteiger partial charge in [-0.3, -0.25) is 4.68 Å². The highest BCUT2D eigenvalue weighted by molar-refractivity contribution is 6.61. The summed E-state index contributed by atoms with van der Waals surface area (Å²) in [7, 11) is -0.390. The standard InChI is InChI=1S/C23H35BN2O5/c1-19(29-18-20-9-7-6-8-10-20)17-28-14-13-27-12-11-26-16-21(15-25-26)24-30-22(2,3)23(4,5)31-24/h6-10,15-16,19H,11-14,17-18H2,1-5H3/t19-/m0/s1. The Morgan fingerprint density at radius 3 is 2.39 bits per heavy atom. The van der Waals surface area contributed by atoms with Gasteiger partial charge in [-0.05, 0) is 40.2 Å². The van der Waals surface area contributed by atoms with Crippen molar-refractivity contribution < 1.29 is 23.5 Å². The third kappa shape index (κ3) is 6.89. The van der Waals surface area contributed by atoms with Gasteiger partial charge in [0, 0.05) is 17.9 Å². The van der Waals surface area contributed by atoms with Crippen LogP contribution in [0.15, 0.2) is 42.7 Å². The number of nitrogens with zero attached hydrogens (tertiary/aromatic N) is 2. The van der Waals surface area contributed by atoms with Gasteiger partial charge in [-0.25, -0.2) is 0 Å². The van der Waals surface area contributed by atoms with Gasteiger partial charge >= 0.3 is 7.12 Å². The van der Waals surface area contributed by atoms with Crippen molar-refractivity contribution in [3.63, 3.8) is 0 Å². The molecular weight excluding hydrogens is 395 g/mol. The Kier molecular flexibility index (Phi) is 8.30. The molecule has 1 saturated heterocycles. The molecule has 0 spiro atoms. The van der Waals surface area contributed by atoms with E-state index in [1.54, 1.807) is 6.20 Å². The van der Waals surface area contributed by atoms with Crippen LogP contribution in [-0.2, 0) is 36.7 Å². The molecule has 1 atom stereocenters. The first kappa shape index (κ1) is 23.9. The molecule has 31 heavy (non-hydrogen) atoms. The minimum absolute atomic E-state index is 0.0395. The van der Waals surface area contributed by atoms with Crippen LogP contribution < -0.4 is 5.46 Å². The summed E-state index contributed by atoms with van der Waals surface area (Å²) < 4.78 is 31.1. The minimum atomic E-state index is -0.390. The van der Waals surface area contributed by atoms with Crippen molar-refractivity contribution >= 4 is 12.6 Å². The normalized spacial score (nSPS) is 18.4. The monoisotopic (exact) mass is 430 g/mol. The lowest BCUT2D eigenvalue weighted by molar-refractivity contribution is -0.0301. The van der Waals surface area contributed by atoms with Crippen molar-refractivity contribution in [3.8, 4) is 0 Å². The smallest absolute Gasteiger partial charge is 0.399 e. The zero-order chi connectivity index (χ0) is 22.3. The largest absolute Gasteiger partial charge is 0.498 e. The lowest BCUT2D eigenvalue weighted by Crippen LogP contribution is -2.41. The third-order valence-corrected chi connectivity index (χ3v) is 5.75. The van der Waals surface area contributed by atoms with Gasteiger partial charge in [0.1, 0.15) is 0 Å². The third-order valence-electron chi connectivity index (χ3n) is 5.75. The second kappa shape index (κ2) is 10.7. The first-order valence-corrected chi connectivity index (χ1v) is 11.0. The summed E-state index contributed by atoms with van der Waals surface area (Å²) in [5, 5.41) is 4.39. The van der Waals surface area contributed by atoms with Gasteiger partial charge in [0.25, 0.3) is 0 Å². The van der Waals surface area contributed by atoms with E-state index in [4.69, 9.17) is 23.5 Å². The van der Waals surface area contributed by atoms with Crippen LogP contribution in [0.4, 0.5) is 0 Å². The van der Waals surface area contributed by atoms with Crippen LogP contribution in [-0.4, -0.2) is 60.6 Å². The highest BCUT2D eigenvalue weighted by Gasteiger charge is 2.52. The van der Waals surface area contributed by atoms with Gasteiger partial charge in [-0.1, -0.05) is 30.3 Å². The zero-order valence-electron chi connectivity index (χ0n) is 19.4. The Balaban J connectivity index is 1.25. The number of benzene rings is 1. The van der Waals surface area contributed by atoms with Gasteiger partial charge in [-0.15, -0.1) is 0 Å². The lowest BCUT2D eigenvalue weighted by Gasteiger charge is -2.32. The molecule has 0 unspecified atom stereocenters. The molecule has 1 aromatic carbocycles. The van der Waals surface area contributed by atoms with Crippen molar-refractivity contribution in [2.24, 2.45) is 0 Å². The number of rotatable bonds is 12.